The fraction of sp³-hybridized carbons (Fsp3) is 0.350. The van der Waals surface area contributed by atoms with Crippen LogP contribution in [0.1, 0.15) is 74.1 Å². The highest BCUT2D eigenvalue weighted by molar-refractivity contribution is 7.92. The van der Waals surface area contributed by atoms with Crippen molar-refractivity contribution >= 4 is 27.5 Å². The van der Waals surface area contributed by atoms with E-state index in [-0.39, 0.29) is 29.3 Å². The lowest BCUT2D eigenvalue weighted by molar-refractivity contribution is -0.140. The molecule has 0 saturated heterocycles. The van der Waals surface area contributed by atoms with Gasteiger partial charge in [-0.1, -0.05) is 124 Å². The van der Waals surface area contributed by atoms with Crippen LogP contribution in [0.5, 0.6) is 0 Å². The summed E-state index contributed by atoms with van der Waals surface area (Å²) in [6.45, 7) is 5.74. The van der Waals surface area contributed by atoms with Crippen molar-refractivity contribution in [3.05, 3.63) is 131 Å². The topological polar surface area (TPSA) is 86.8 Å². The predicted octanol–water partition coefficient (Wildman–Crippen LogP) is 7.40. The monoisotopic (exact) mass is 665 g/mol. The van der Waals surface area contributed by atoms with E-state index in [1.54, 1.807) is 41.3 Å². The van der Waals surface area contributed by atoms with Gasteiger partial charge < -0.3 is 10.2 Å². The molecule has 1 aliphatic carbocycles. The van der Waals surface area contributed by atoms with Crippen molar-refractivity contribution in [1.29, 1.82) is 0 Å². The molecule has 1 saturated carbocycles. The van der Waals surface area contributed by atoms with Crippen LogP contribution in [0.4, 0.5) is 5.69 Å². The molecule has 0 aromatic heterocycles. The third kappa shape index (κ3) is 8.92. The molecule has 1 atom stereocenters. The maximum Gasteiger partial charge on any atom is 0.264 e. The molecule has 1 N–H and O–H groups in total. The van der Waals surface area contributed by atoms with E-state index in [2.05, 4.69) is 19.2 Å². The van der Waals surface area contributed by atoms with Crippen LogP contribution in [0.25, 0.3) is 0 Å². The standard InChI is InChI=1S/C40H47N3O4S/c1-30(2)34-21-23-36(24-22-34)43(48(46,47)37-25-19-31(3)20-26-37)29-39(44)42(28-33-15-9-5-10-16-33)38(27-32-13-7-4-8-14-32)40(45)41-35-17-11-6-12-18-35/h4-5,7-10,13-16,19-26,30,35,38H,6,11-12,17-18,27-29H2,1-3H3,(H,41,45)/t38-/m0/s1. The number of hydrogen-bond acceptors (Lipinski definition) is 4. The number of nitrogens with zero attached hydrogens (tertiary/aromatic N) is 2. The van der Waals surface area contributed by atoms with E-state index < -0.39 is 28.5 Å². The first-order valence-corrected chi connectivity index (χ1v) is 18.4. The summed E-state index contributed by atoms with van der Waals surface area (Å²) in [5.74, 6) is -0.419. The van der Waals surface area contributed by atoms with Gasteiger partial charge in [0.15, 0.2) is 0 Å². The average molecular weight is 666 g/mol. The van der Waals surface area contributed by atoms with Gasteiger partial charge in [-0.3, -0.25) is 13.9 Å². The van der Waals surface area contributed by atoms with Gasteiger partial charge in [0.1, 0.15) is 12.6 Å². The van der Waals surface area contributed by atoms with Gasteiger partial charge in [-0.25, -0.2) is 8.42 Å². The van der Waals surface area contributed by atoms with Crippen molar-refractivity contribution in [1.82, 2.24) is 10.2 Å². The van der Waals surface area contributed by atoms with E-state index in [0.29, 0.717) is 12.1 Å². The van der Waals surface area contributed by atoms with Crippen LogP contribution in [0.3, 0.4) is 0 Å². The largest absolute Gasteiger partial charge is 0.352 e. The lowest BCUT2D eigenvalue weighted by Gasteiger charge is -2.35. The van der Waals surface area contributed by atoms with Crippen LogP contribution >= 0.6 is 0 Å². The van der Waals surface area contributed by atoms with Gasteiger partial charge >= 0.3 is 0 Å². The second-order valence-electron chi connectivity index (χ2n) is 13.1. The summed E-state index contributed by atoms with van der Waals surface area (Å²) in [5.41, 5.74) is 4.15. The lowest BCUT2D eigenvalue weighted by Crippen LogP contribution is -2.55. The third-order valence-electron chi connectivity index (χ3n) is 9.15. The molecule has 7 nitrogen and oxygen atoms in total. The maximum absolute atomic E-state index is 14.7. The normalized spacial score (nSPS) is 14.3. The fourth-order valence-electron chi connectivity index (χ4n) is 6.27. The molecule has 5 rings (SSSR count). The van der Waals surface area contributed by atoms with Crippen molar-refractivity contribution in [3.63, 3.8) is 0 Å². The van der Waals surface area contributed by atoms with Crippen molar-refractivity contribution in [2.24, 2.45) is 0 Å². The molecular formula is C40H47N3O4S. The number of carbonyl (C=O) groups excluding carboxylic acids is 2. The van der Waals surface area contributed by atoms with Crippen molar-refractivity contribution in [2.45, 2.75) is 88.7 Å². The van der Waals surface area contributed by atoms with Crippen LogP contribution in [0, 0.1) is 6.92 Å². The first-order valence-electron chi connectivity index (χ1n) is 17.0. The second-order valence-corrected chi connectivity index (χ2v) is 15.0. The van der Waals surface area contributed by atoms with Crippen LogP contribution in [0.2, 0.25) is 0 Å². The molecule has 2 amide bonds. The molecule has 8 heteroatoms. The Labute approximate surface area is 286 Å². The Morgan fingerprint density at radius 1 is 0.771 bits per heavy atom. The Balaban J connectivity index is 1.55. The van der Waals surface area contributed by atoms with Gasteiger partial charge in [0, 0.05) is 19.0 Å². The number of anilines is 1. The highest BCUT2D eigenvalue weighted by atomic mass is 32.2. The van der Waals surface area contributed by atoms with Crippen molar-refractivity contribution in [2.75, 3.05) is 10.8 Å². The Hall–Kier alpha value is -4.43. The summed E-state index contributed by atoms with van der Waals surface area (Å²) in [7, 11) is -4.15. The highest BCUT2D eigenvalue weighted by Gasteiger charge is 2.35. The van der Waals surface area contributed by atoms with Gasteiger partial charge in [-0.15, -0.1) is 0 Å². The van der Waals surface area contributed by atoms with E-state index in [9.17, 15) is 18.0 Å². The summed E-state index contributed by atoms with van der Waals surface area (Å²) in [4.78, 5) is 30.6. The Kier molecular flexibility index (Phi) is 11.7. The zero-order chi connectivity index (χ0) is 34.1. The van der Waals surface area contributed by atoms with E-state index in [1.807, 2.05) is 79.7 Å². The average Bonchev–Trinajstić information content (AvgIpc) is 3.10. The predicted molar refractivity (Wildman–Crippen MR) is 192 cm³/mol. The van der Waals surface area contributed by atoms with Crippen LogP contribution in [-0.4, -0.2) is 43.8 Å². The number of hydrogen-bond donors (Lipinski definition) is 1. The Morgan fingerprint density at radius 3 is 1.94 bits per heavy atom. The van der Waals surface area contributed by atoms with Crippen molar-refractivity contribution < 1.29 is 18.0 Å². The zero-order valence-corrected chi connectivity index (χ0v) is 29.0. The van der Waals surface area contributed by atoms with Crippen LogP contribution in [0.15, 0.2) is 114 Å². The number of carbonyl (C=O) groups is 2. The maximum atomic E-state index is 14.7. The number of benzene rings is 4. The molecule has 0 bridgehead atoms. The Bertz CT molecular complexity index is 1740. The SMILES string of the molecule is Cc1ccc(S(=O)(=O)N(CC(=O)N(Cc2ccccc2)[C@@H](Cc2ccccc2)C(=O)NC2CCCCC2)c2ccc(C(C)C)cc2)cc1. The number of rotatable bonds is 13. The van der Waals surface area contributed by atoms with E-state index in [4.69, 9.17) is 0 Å². The summed E-state index contributed by atoms with van der Waals surface area (Å²) in [5, 5.41) is 3.26. The molecule has 4 aromatic carbocycles. The first kappa shape index (κ1) is 34.9. The third-order valence-corrected chi connectivity index (χ3v) is 10.9. The molecule has 0 unspecified atom stereocenters. The van der Waals surface area contributed by atoms with Crippen LogP contribution in [-0.2, 0) is 32.6 Å². The first-order chi connectivity index (χ1) is 23.1. The molecule has 0 spiro atoms. The van der Waals surface area contributed by atoms with Gasteiger partial charge in [0.2, 0.25) is 11.8 Å². The van der Waals surface area contributed by atoms with Gasteiger partial charge in [0.05, 0.1) is 10.6 Å². The summed E-state index contributed by atoms with van der Waals surface area (Å²) in [6.07, 6.45) is 5.38. The molecule has 0 heterocycles. The Morgan fingerprint density at radius 2 is 1.35 bits per heavy atom. The van der Waals surface area contributed by atoms with Gasteiger partial charge in [0.25, 0.3) is 10.0 Å². The summed E-state index contributed by atoms with van der Waals surface area (Å²) in [6, 6.07) is 32.4. The van der Waals surface area contributed by atoms with E-state index in [0.717, 1.165) is 54.4 Å². The minimum atomic E-state index is -4.15. The lowest BCUT2D eigenvalue weighted by atomic mass is 9.94. The number of amides is 2. The van der Waals surface area contributed by atoms with E-state index in [1.165, 1.54) is 4.31 Å². The molecule has 48 heavy (non-hydrogen) atoms. The molecule has 4 aromatic rings. The van der Waals surface area contributed by atoms with E-state index >= 15 is 0 Å². The minimum Gasteiger partial charge on any atom is -0.352 e. The summed E-state index contributed by atoms with van der Waals surface area (Å²) < 4.78 is 29.8. The quantitative estimate of drug-likeness (QED) is 0.161. The highest BCUT2D eigenvalue weighted by Crippen LogP contribution is 2.27. The minimum absolute atomic E-state index is 0.0519. The molecule has 252 valence electrons. The number of sulfonamides is 1. The fourth-order valence-corrected chi connectivity index (χ4v) is 7.68. The number of nitrogens with one attached hydrogen (secondary N) is 1. The molecular weight excluding hydrogens is 619 g/mol. The molecule has 0 radical (unpaired) electrons. The molecule has 1 fully saturated rings. The van der Waals surface area contributed by atoms with Gasteiger partial charge in [-0.05, 0) is 66.6 Å². The molecule has 0 aliphatic heterocycles. The zero-order valence-electron chi connectivity index (χ0n) is 28.2. The van der Waals surface area contributed by atoms with Crippen molar-refractivity contribution in [3.8, 4) is 0 Å². The van der Waals surface area contributed by atoms with Crippen LogP contribution < -0.4 is 9.62 Å². The number of aryl methyl sites for hydroxylation is 1. The van der Waals surface area contributed by atoms with Gasteiger partial charge in [-0.2, -0.15) is 0 Å². The smallest absolute Gasteiger partial charge is 0.264 e. The second kappa shape index (κ2) is 16.1. The molecule has 1 aliphatic rings. The summed E-state index contributed by atoms with van der Waals surface area (Å²) >= 11 is 0.